The van der Waals surface area contributed by atoms with Crippen LogP contribution in [0.1, 0.15) is 76.7 Å². The van der Waals surface area contributed by atoms with E-state index in [0.29, 0.717) is 5.56 Å². The smallest absolute Gasteiger partial charge is 0.194 e. The SMILES string of the molecule is CC1CC[C](CCC2CC[C](c3cc(F)c(F)c(F)c3)CC2)CC1. The Kier molecular flexibility index (Phi) is 5.89. The molecule has 3 rings (SSSR count). The van der Waals surface area contributed by atoms with Crippen molar-refractivity contribution in [2.75, 3.05) is 0 Å². The molecule has 3 heteroatoms. The third-order valence-electron chi connectivity index (χ3n) is 5.99. The molecule has 24 heavy (non-hydrogen) atoms. The molecule has 132 valence electrons. The van der Waals surface area contributed by atoms with Gasteiger partial charge in [-0.25, -0.2) is 13.2 Å². The molecular weight excluding hydrogens is 309 g/mol. The van der Waals surface area contributed by atoms with E-state index in [1.807, 2.05) is 0 Å². The van der Waals surface area contributed by atoms with Crippen LogP contribution in [0.2, 0.25) is 0 Å². The van der Waals surface area contributed by atoms with Gasteiger partial charge in [-0.05, 0) is 86.8 Å². The minimum atomic E-state index is -1.37. The highest BCUT2D eigenvalue weighted by molar-refractivity contribution is 5.33. The highest BCUT2D eigenvalue weighted by atomic mass is 19.2. The van der Waals surface area contributed by atoms with Crippen molar-refractivity contribution in [3.63, 3.8) is 0 Å². The summed E-state index contributed by atoms with van der Waals surface area (Å²) in [5, 5.41) is 0. The molecule has 0 nitrogen and oxygen atoms in total. The molecule has 0 heterocycles. The van der Waals surface area contributed by atoms with E-state index in [4.69, 9.17) is 0 Å². The Balaban J connectivity index is 1.46. The number of rotatable bonds is 4. The van der Waals surface area contributed by atoms with E-state index in [2.05, 4.69) is 6.92 Å². The molecule has 0 saturated heterocycles. The van der Waals surface area contributed by atoms with Gasteiger partial charge in [0.1, 0.15) is 0 Å². The van der Waals surface area contributed by atoms with Crippen LogP contribution in [0.25, 0.3) is 0 Å². The van der Waals surface area contributed by atoms with Gasteiger partial charge in [-0.1, -0.05) is 19.8 Å². The molecule has 1 aromatic rings. The first-order valence-corrected chi connectivity index (χ1v) is 9.36. The lowest BCUT2D eigenvalue weighted by Gasteiger charge is -2.31. The first-order valence-electron chi connectivity index (χ1n) is 9.36. The first kappa shape index (κ1) is 17.8. The van der Waals surface area contributed by atoms with Crippen LogP contribution in [0, 0.1) is 41.1 Å². The maximum absolute atomic E-state index is 13.4. The van der Waals surface area contributed by atoms with E-state index in [9.17, 15) is 13.2 Å². The molecule has 0 bridgehead atoms. The van der Waals surface area contributed by atoms with Crippen molar-refractivity contribution in [2.45, 2.75) is 71.1 Å². The van der Waals surface area contributed by atoms with E-state index in [-0.39, 0.29) is 0 Å². The Bertz CT molecular complexity index is 515. The van der Waals surface area contributed by atoms with Gasteiger partial charge in [0.15, 0.2) is 17.5 Å². The Morgan fingerprint density at radius 1 is 0.875 bits per heavy atom. The average Bonchev–Trinajstić information content (AvgIpc) is 2.59. The van der Waals surface area contributed by atoms with E-state index < -0.39 is 17.5 Å². The van der Waals surface area contributed by atoms with Crippen molar-refractivity contribution < 1.29 is 13.2 Å². The van der Waals surface area contributed by atoms with Gasteiger partial charge in [-0.15, -0.1) is 0 Å². The summed E-state index contributed by atoms with van der Waals surface area (Å²) in [4.78, 5) is 0. The zero-order valence-corrected chi connectivity index (χ0v) is 14.5. The number of benzene rings is 1. The molecule has 2 aliphatic carbocycles. The highest BCUT2D eigenvalue weighted by Gasteiger charge is 2.26. The second-order valence-electron chi connectivity index (χ2n) is 7.77. The lowest BCUT2D eigenvalue weighted by Crippen LogP contribution is -2.17. The topological polar surface area (TPSA) is 0 Å². The number of hydrogen-bond donors (Lipinski definition) is 0. The van der Waals surface area contributed by atoms with Crippen LogP contribution in [-0.2, 0) is 0 Å². The van der Waals surface area contributed by atoms with E-state index >= 15 is 0 Å². The van der Waals surface area contributed by atoms with Gasteiger partial charge in [0.25, 0.3) is 0 Å². The zero-order chi connectivity index (χ0) is 17.1. The highest BCUT2D eigenvalue weighted by Crippen LogP contribution is 2.40. The Morgan fingerprint density at radius 2 is 1.46 bits per heavy atom. The van der Waals surface area contributed by atoms with E-state index in [1.165, 1.54) is 38.5 Å². The molecular formula is C21H27F3. The van der Waals surface area contributed by atoms with Crippen molar-refractivity contribution in [1.29, 1.82) is 0 Å². The summed E-state index contributed by atoms with van der Waals surface area (Å²) < 4.78 is 39.9. The predicted octanol–water partition coefficient (Wildman–Crippen LogP) is 6.78. The summed E-state index contributed by atoms with van der Waals surface area (Å²) in [5.74, 6) is 0.888. The average molecular weight is 336 g/mol. The Hall–Kier alpha value is -0.990. The van der Waals surface area contributed by atoms with Crippen molar-refractivity contribution in [2.24, 2.45) is 11.8 Å². The van der Waals surface area contributed by atoms with Crippen LogP contribution >= 0.6 is 0 Å². The molecule has 2 saturated carbocycles. The zero-order valence-electron chi connectivity index (χ0n) is 14.5. The fourth-order valence-electron chi connectivity index (χ4n) is 4.19. The van der Waals surface area contributed by atoms with Crippen LogP contribution in [-0.4, -0.2) is 0 Å². The maximum Gasteiger partial charge on any atom is 0.194 e. The van der Waals surface area contributed by atoms with Crippen LogP contribution in [0.3, 0.4) is 0 Å². The molecule has 0 N–H and O–H groups in total. The van der Waals surface area contributed by atoms with Crippen molar-refractivity contribution in [1.82, 2.24) is 0 Å². The minimum absolute atomic E-state index is 0.542. The predicted molar refractivity (Wildman–Crippen MR) is 90.7 cm³/mol. The van der Waals surface area contributed by atoms with Crippen molar-refractivity contribution in [3.05, 3.63) is 47.0 Å². The maximum atomic E-state index is 13.4. The molecule has 0 spiro atoms. The third kappa shape index (κ3) is 4.34. The van der Waals surface area contributed by atoms with Gasteiger partial charge in [0, 0.05) is 5.92 Å². The van der Waals surface area contributed by atoms with Gasteiger partial charge in [0.2, 0.25) is 0 Å². The summed E-state index contributed by atoms with van der Waals surface area (Å²) in [6.07, 6.45) is 11.7. The minimum Gasteiger partial charge on any atom is -0.204 e. The fourth-order valence-corrected chi connectivity index (χ4v) is 4.19. The molecule has 0 aliphatic heterocycles. The summed E-state index contributed by atoms with van der Waals surface area (Å²) in [5.41, 5.74) is 0.542. The van der Waals surface area contributed by atoms with Crippen LogP contribution in [0.5, 0.6) is 0 Å². The summed E-state index contributed by atoms with van der Waals surface area (Å²) in [7, 11) is 0. The van der Waals surface area contributed by atoms with Crippen LogP contribution in [0.4, 0.5) is 13.2 Å². The number of hydrogen-bond acceptors (Lipinski definition) is 0. The van der Waals surface area contributed by atoms with Gasteiger partial charge in [0.05, 0.1) is 0 Å². The standard InChI is InChI=1S/C21H27F3/c1-14-2-4-15(5-3-14)6-7-16-8-10-17(11-9-16)18-12-19(22)21(24)20(23)13-18/h12-14,16H,2-11H2,1H3. The molecule has 0 atom stereocenters. The van der Waals surface area contributed by atoms with Gasteiger partial charge in [-0.2, -0.15) is 0 Å². The second-order valence-corrected chi connectivity index (χ2v) is 7.77. The second kappa shape index (κ2) is 7.93. The van der Waals surface area contributed by atoms with Crippen LogP contribution in [0.15, 0.2) is 12.1 Å². The lowest BCUT2D eigenvalue weighted by atomic mass is 9.74. The summed E-state index contributed by atoms with van der Waals surface area (Å²) >= 11 is 0. The monoisotopic (exact) mass is 336 g/mol. The molecule has 0 aromatic heterocycles. The quantitative estimate of drug-likeness (QED) is 0.531. The fraction of sp³-hybridized carbons (Fsp3) is 0.619. The largest absolute Gasteiger partial charge is 0.204 e. The molecule has 2 fully saturated rings. The molecule has 0 unspecified atom stereocenters. The third-order valence-corrected chi connectivity index (χ3v) is 5.99. The first-order chi connectivity index (χ1) is 11.5. The molecule has 1 aromatic carbocycles. The Labute approximate surface area is 143 Å². The number of halogens is 3. The van der Waals surface area contributed by atoms with Crippen molar-refractivity contribution >= 4 is 0 Å². The van der Waals surface area contributed by atoms with Gasteiger partial charge >= 0.3 is 0 Å². The normalized spacial score (nSPS) is 22.2. The molecule has 0 amide bonds. The molecule has 2 radical (unpaired) electrons. The lowest BCUT2D eigenvalue weighted by molar-refractivity contribution is 0.333. The van der Waals surface area contributed by atoms with E-state index in [0.717, 1.165) is 55.6 Å². The van der Waals surface area contributed by atoms with Crippen LogP contribution < -0.4 is 0 Å². The van der Waals surface area contributed by atoms with Gasteiger partial charge in [-0.3, -0.25) is 0 Å². The van der Waals surface area contributed by atoms with Gasteiger partial charge < -0.3 is 0 Å². The molecule has 2 aliphatic rings. The van der Waals surface area contributed by atoms with Crippen molar-refractivity contribution in [3.8, 4) is 0 Å². The Morgan fingerprint density at radius 3 is 2.04 bits per heavy atom. The summed E-state index contributed by atoms with van der Waals surface area (Å²) in [6.45, 7) is 2.34. The summed E-state index contributed by atoms with van der Waals surface area (Å²) in [6, 6.07) is 2.29. The van der Waals surface area contributed by atoms with E-state index in [1.54, 1.807) is 5.92 Å².